The summed E-state index contributed by atoms with van der Waals surface area (Å²) >= 11 is 5.30. The molecule has 0 radical (unpaired) electrons. The Labute approximate surface area is 87.7 Å². The molecule has 0 aliphatic rings. The molecule has 0 aliphatic heterocycles. The highest BCUT2D eigenvalue weighted by Gasteiger charge is 2.03. The molecule has 0 amide bonds. The van der Waals surface area contributed by atoms with Crippen molar-refractivity contribution in [3.63, 3.8) is 0 Å². The molecule has 0 aliphatic carbocycles. The Hall–Kier alpha value is -1.61. The van der Waals surface area contributed by atoms with Gasteiger partial charge < -0.3 is 0 Å². The number of rotatable bonds is 2. The molecule has 0 spiro atoms. The summed E-state index contributed by atoms with van der Waals surface area (Å²) in [6.07, 6.45) is 3.20. The molecule has 0 saturated heterocycles. The highest BCUT2D eigenvalue weighted by Crippen LogP contribution is 2.07. The van der Waals surface area contributed by atoms with Crippen LogP contribution in [0.4, 0.5) is 0 Å². The van der Waals surface area contributed by atoms with Crippen LogP contribution in [0.15, 0.2) is 48.9 Å². The lowest BCUT2D eigenvalue weighted by atomic mass is 10.1. The monoisotopic (exact) mass is 200 g/mol. The second-order valence-corrected chi connectivity index (χ2v) is 3.20. The van der Waals surface area contributed by atoms with Crippen LogP contribution >= 0.6 is 12.2 Å². The second kappa shape index (κ2) is 4.07. The van der Waals surface area contributed by atoms with Gasteiger partial charge in [-0.25, -0.2) is 9.97 Å². The van der Waals surface area contributed by atoms with Crippen molar-refractivity contribution in [1.82, 2.24) is 9.97 Å². The van der Waals surface area contributed by atoms with Crippen molar-refractivity contribution in [2.75, 3.05) is 0 Å². The van der Waals surface area contributed by atoms with Crippen molar-refractivity contribution in [3.05, 3.63) is 60.2 Å². The van der Waals surface area contributed by atoms with Gasteiger partial charge in [-0.3, -0.25) is 0 Å². The summed E-state index contributed by atoms with van der Waals surface area (Å²) < 4.78 is 0. The number of aromatic nitrogens is 2. The molecule has 0 saturated carbocycles. The van der Waals surface area contributed by atoms with Crippen LogP contribution in [-0.2, 0) is 0 Å². The van der Waals surface area contributed by atoms with Crippen LogP contribution in [0.5, 0.6) is 0 Å². The van der Waals surface area contributed by atoms with E-state index in [0.717, 1.165) is 16.1 Å². The minimum absolute atomic E-state index is 0.757. The van der Waals surface area contributed by atoms with E-state index >= 15 is 0 Å². The lowest BCUT2D eigenvalue weighted by molar-refractivity contribution is 1.15. The average molecular weight is 200 g/mol. The van der Waals surface area contributed by atoms with Crippen molar-refractivity contribution in [3.8, 4) is 0 Å². The Morgan fingerprint density at radius 3 is 2.50 bits per heavy atom. The predicted octanol–water partition coefficient (Wildman–Crippen LogP) is 2.24. The Balaban J connectivity index is 2.35. The Morgan fingerprint density at radius 2 is 1.86 bits per heavy atom. The molecule has 2 nitrogen and oxygen atoms in total. The minimum atomic E-state index is 0.757. The van der Waals surface area contributed by atoms with Gasteiger partial charge in [0.1, 0.15) is 6.33 Å². The molecule has 0 bridgehead atoms. The molecule has 3 heteroatoms. The van der Waals surface area contributed by atoms with Crippen LogP contribution in [0.1, 0.15) is 11.3 Å². The Kier molecular flexibility index (Phi) is 2.60. The van der Waals surface area contributed by atoms with Crippen molar-refractivity contribution in [2.24, 2.45) is 0 Å². The first-order valence-corrected chi connectivity index (χ1v) is 4.64. The summed E-state index contributed by atoms with van der Waals surface area (Å²) in [6.45, 7) is 0. The van der Waals surface area contributed by atoms with Gasteiger partial charge in [-0.15, -0.1) is 0 Å². The van der Waals surface area contributed by atoms with Gasteiger partial charge in [-0.05, 0) is 11.6 Å². The minimum Gasteiger partial charge on any atom is -0.245 e. The highest BCUT2D eigenvalue weighted by atomic mass is 32.1. The third kappa shape index (κ3) is 1.83. The molecular formula is C11H8N2S. The van der Waals surface area contributed by atoms with E-state index in [1.165, 1.54) is 6.33 Å². The smallest absolute Gasteiger partial charge is 0.116 e. The molecule has 68 valence electrons. The number of hydrogen-bond acceptors (Lipinski definition) is 3. The largest absolute Gasteiger partial charge is 0.245 e. The molecule has 0 unspecified atom stereocenters. The maximum absolute atomic E-state index is 5.30. The average Bonchev–Trinajstić information content (AvgIpc) is 2.30. The van der Waals surface area contributed by atoms with E-state index in [1.807, 2.05) is 36.4 Å². The van der Waals surface area contributed by atoms with Gasteiger partial charge in [0.05, 0.1) is 10.6 Å². The van der Waals surface area contributed by atoms with Crippen LogP contribution in [0.2, 0.25) is 0 Å². The van der Waals surface area contributed by atoms with Crippen LogP contribution in [0.25, 0.3) is 0 Å². The molecule has 2 aromatic rings. The molecule has 1 aromatic carbocycles. The SMILES string of the molecule is S=C(c1ccccc1)c1ccncn1. The van der Waals surface area contributed by atoms with Crippen molar-refractivity contribution in [1.29, 1.82) is 0 Å². The topological polar surface area (TPSA) is 25.8 Å². The summed E-state index contributed by atoms with van der Waals surface area (Å²) in [7, 11) is 0. The van der Waals surface area contributed by atoms with Crippen LogP contribution in [-0.4, -0.2) is 14.8 Å². The molecule has 14 heavy (non-hydrogen) atoms. The normalized spacial score (nSPS) is 9.71. The van der Waals surface area contributed by atoms with Gasteiger partial charge in [0, 0.05) is 6.20 Å². The van der Waals surface area contributed by atoms with Crippen molar-refractivity contribution < 1.29 is 0 Å². The lowest BCUT2D eigenvalue weighted by Gasteiger charge is -2.01. The first-order valence-electron chi connectivity index (χ1n) is 4.24. The van der Waals surface area contributed by atoms with Crippen LogP contribution < -0.4 is 0 Å². The quantitative estimate of drug-likeness (QED) is 0.549. The fourth-order valence-corrected chi connectivity index (χ4v) is 1.42. The fraction of sp³-hybridized carbons (Fsp3) is 0. The van der Waals surface area contributed by atoms with Gasteiger partial charge in [0.2, 0.25) is 0 Å². The molecule has 1 aromatic heterocycles. The number of hydrogen-bond donors (Lipinski definition) is 0. The van der Waals surface area contributed by atoms with Gasteiger partial charge in [-0.1, -0.05) is 42.5 Å². The highest BCUT2D eigenvalue weighted by molar-refractivity contribution is 7.81. The third-order valence-electron chi connectivity index (χ3n) is 1.85. The lowest BCUT2D eigenvalue weighted by Crippen LogP contribution is -2.01. The first-order chi connectivity index (χ1) is 6.88. The predicted molar refractivity (Wildman–Crippen MR) is 59.3 cm³/mol. The number of nitrogens with zero attached hydrogens (tertiary/aromatic N) is 2. The third-order valence-corrected chi connectivity index (χ3v) is 2.30. The maximum atomic E-state index is 5.30. The Morgan fingerprint density at radius 1 is 1.07 bits per heavy atom. The summed E-state index contributed by atoms with van der Waals surface area (Å²) in [6, 6.07) is 11.7. The zero-order valence-corrected chi connectivity index (χ0v) is 8.24. The van der Waals surface area contributed by atoms with E-state index in [-0.39, 0.29) is 0 Å². The zero-order valence-electron chi connectivity index (χ0n) is 7.42. The zero-order chi connectivity index (χ0) is 9.80. The summed E-state index contributed by atoms with van der Waals surface area (Å²) in [4.78, 5) is 8.71. The van der Waals surface area contributed by atoms with Crippen LogP contribution in [0.3, 0.4) is 0 Å². The van der Waals surface area contributed by atoms with Crippen molar-refractivity contribution in [2.45, 2.75) is 0 Å². The second-order valence-electron chi connectivity index (χ2n) is 2.79. The van der Waals surface area contributed by atoms with Crippen molar-refractivity contribution >= 4 is 17.1 Å². The fourth-order valence-electron chi connectivity index (χ4n) is 1.16. The molecule has 1 heterocycles. The van der Waals surface area contributed by atoms with Gasteiger partial charge in [0.25, 0.3) is 0 Å². The first kappa shape index (κ1) is 8.97. The van der Waals surface area contributed by atoms with E-state index in [4.69, 9.17) is 12.2 Å². The van der Waals surface area contributed by atoms with Gasteiger partial charge in [0.15, 0.2) is 0 Å². The molecule has 0 fully saturated rings. The van der Waals surface area contributed by atoms with E-state index < -0.39 is 0 Å². The maximum Gasteiger partial charge on any atom is 0.116 e. The summed E-state index contributed by atoms with van der Waals surface area (Å²) in [5.74, 6) is 0. The standard InChI is InChI=1S/C11H8N2S/c14-11(9-4-2-1-3-5-9)10-6-7-12-8-13-10/h1-8H. The van der Waals surface area contributed by atoms with E-state index in [9.17, 15) is 0 Å². The number of benzene rings is 1. The molecule has 0 N–H and O–H groups in total. The van der Waals surface area contributed by atoms with Gasteiger partial charge >= 0.3 is 0 Å². The summed E-state index contributed by atoms with van der Waals surface area (Å²) in [5, 5.41) is 0. The van der Waals surface area contributed by atoms with E-state index in [1.54, 1.807) is 6.20 Å². The van der Waals surface area contributed by atoms with Crippen LogP contribution in [0, 0.1) is 0 Å². The van der Waals surface area contributed by atoms with E-state index in [0.29, 0.717) is 0 Å². The Bertz CT molecular complexity index is 384. The molecule has 0 atom stereocenters. The molecular weight excluding hydrogens is 192 g/mol. The molecule has 2 rings (SSSR count). The number of thiocarbonyl (C=S) groups is 1. The van der Waals surface area contributed by atoms with Gasteiger partial charge in [-0.2, -0.15) is 0 Å². The summed E-state index contributed by atoms with van der Waals surface area (Å²) in [5.41, 5.74) is 1.81. The van der Waals surface area contributed by atoms with E-state index in [2.05, 4.69) is 9.97 Å².